The summed E-state index contributed by atoms with van der Waals surface area (Å²) in [5, 5.41) is 0. The zero-order valence-corrected chi connectivity index (χ0v) is 5.22. The van der Waals surface area contributed by atoms with Gasteiger partial charge < -0.3 is 9.47 Å². The normalized spacial score (nSPS) is 6.64. The molecule has 0 radical (unpaired) electrons. The molecule has 0 aliphatic carbocycles. The lowest BCUT2D eigenvalue weighted by Crippen LogP contribution is -2.00. The third-order valence-corrected chi connectivity index (χ3v) is 0.667. The summed E-state index contributed by atoms with van der Waals surface area (Å²) in [5.41, 5.74) is 0. The van der Waals surface area contributed by atoms with Crippen molar-refractivity contribution in [2.45, 2.75) is 22.3 Å². The lowest BCUT2D eigenvalue weighted by atomic mass is 10.7. The Morgan fingerprint density at radius 2 is 1.73 bits per heavy atom. The van der Waals surface area contributed by atoms with E-state index >= 15 is 0 Å². The molecule has 0 atom stereocenters. The molecule has 0 rings (SSSR count). The van der Waals surface area contributed by atoms with Crippen molar-refractivity contribution in [1.29, 1.82) is 0 Å². The van der Waals surface area contributed by atoms with Crippen LogP contribution in [0.3, 0.4) is 0 Å². The standard InChI is InChI=1S/C6H12O2.3CH4/c1-3-4-8-6-5-7-2;;;/h3H,1,4-6H2,2H3;3*1H4. The van der Waals surface area contributed by atoms with E-state index in [4.69, 9.17) is 9.47 Å². The van der Waals surface area contributed by atoms with Crippen LogP contribution in [0.1, 0.15) is 22.3 Å². The Kier molecular flexibility index (Phi) is 46.1. The van der Waals surface area contributed by atoms with Crippen molar-refractivity contribution in [2.75, 3.05) is 26.9 Å². The zero-order chi connectivity index (χ0) is 6.24. The summed E-state index contributed by atoms with van der Waals surface area (Å²) in [5.74, 6) is 0. The van der Waals surface area contributed by atoms with Crippen LogP contribution in [0.4, 0.5) is 0 Å². The Hall–Kier alpha value is -0.340. The van der Waals surface area contributed by atoms with E-state index in [-0.39, 0.29) is 22.3 Å². The second-order valence-electron chi connectivity index (χ2n) is 1.36. The van der Waals surface area contributed by atoms with Gasteiger partial charge in [0.15, 0.2) is 0 Å². The van der Waals surface area contributed by atoms with Gasteiger partial charge in [0.25, 0.3) is 0 Å². The topological polar surface area (TPSA) is 18.5 Å². The summed E-state index contributed by atoms with van der Waals surface area (Å²) in [6.07, 6.45) is 1.72. The molecule has 11 heavy (non-hydrogen) atoms. The molecule has 2 heteroatoms. The second kappa shape index (κ2) is 22.6. The first-order valence-electron chi connectivity index (χ1n) is 2.59. The summed E-state index contributed by atoms with van der Waals surface area (Å²) < 4.78 is 9.71. The zero-order valence-electron chi connectivity index (χ0n) is 5.22. The van der Waals surface area contributed by atoms with Gasteiger partial charge in [-0.05, 0) is 0 Å². The van der Waals surface area contributed by atoms with E-state index in [2.05, 4.69) is 6.58 Å². The van der Waals surface area contributed by atoms with Gasteiger partial charge in [0.2, 0.25) is 0 Å². The first-order chi connectivity index (χ1) is 3.91. The predicted molar refractivity (Wildman–Crippen MR) is 53.1 cm³/mol. The van der Waals surface area contributed by atoms with Gasteiger partial charge in [-0.2, -0.15) is 0 Å². The molecule has 0 N–H and O–H groups in total. The van der Waals surface area contributed by atoms with E-state index in [0.717, 1.165) is 0 Å². The predicted octanol–water partition coefficient (Wildman–Crippen LogP) is 2.74. The van der Waals surface area contributed by atoms with Crippen LogP contribution < -0.4 is 0 Å². The molecule has 0 saturated heterocycles. The second-order valence-corrected chi connectivity index (χ2v) is 1.36. The van der Waals surface area contributed by atoms with Crippen LogP contribution in [0.25, 0.3) is 0 Å². The fourth-order valence-corrected chi connectivity index (χ4v) is 0.309. The number of methoxy groups -OCH3 is 1. The van der Waals surface area contributed by atoms with Crippen LogP contribution in [0.2, 0.25) is 0 Å². The van der Waals surface area contributed by atoms with E-state index < -0.39 is 0 Å². The smallest absolute Gasteiger partial charge is 0.0704 e. The highest BCUT2D eigenvalue weighted by molar-refractivity contribution is 4.63. The van der Waals surface area contributed by atoms with Gasteiger partial charge in [0.05, 0.1) is 19.8 Å². The average Bonchev–Trinajstić information content (AvgIpc) is 1.81. The molecule has 0 aliphatic heterocycles. The molecule has 0 saturated carbocycles. The monoisotopic (exact) mass is 164 g/mol. The number of hydrogen-bond acceptors (Lipinski definition) is 2. The molecule has 72 valence electrons. The van der Waals surface area contributed by atoms with Crippen LogP contribution in [-0.4, -0.2) is 26.9 Å². The minimum Gasteiger partial charge on any atom is -0.382 e. The molecule has 0 fully saturated rings. The first-order valence-corrected chi connectivity index (χ1v) is 2.59. The minimum absolute atomic E-state index is 0. The van der Waals surface area contributed by atoms with E-state index in [0.29, 0.717) is 19.8 Å². The van der Waals surface area contributed by atoms with Crippen molar-refractivity contribution in [2.24, 2.45) is 0 Å². The Morgan fingerprint density at radius 3 is 2.09 bits per heavy atom. The molecule has 2 nitrogen and oxygen atoms in total. The van der Waals surface area contributed by atoms with Gasteiger partial charge in [-0.25, -0.2) is 0 Å². The van der Waals surface area contributed by atoms with Gasteiger partial charge in [-0.1, -0.05) is 28.4 Å². The first kappa shape index (κ1) is 22.4. The highest BCUT2D eigenvalue weighted by Gasteiger charge is 1.79. The van der Waals surface area contributed by atoms with Crippen molar-refractivity contribution in [3.05, 3.63) is 12.7 Å². The summed E-state index contributed by atoms with van der Waals surface area (Å²) in [6.45, 7) is 5.42. The number of ether oxygens (including phenoxy) is 2. The van der Waals surface area contributed by atoms with Crippen molar-refractivity contribution in [3.63, 3.8) is 0 Å². The quantitative estimate of drug-likeness (QED) is 0.459. The molecular formula is C9H24O2. The lowest BCUT2D eigenvalue weighted by Gasteiger charge is -1.96. The van der Waals surface area contributed by atoms with Gasteiger partial charge in [0.1, 0.15) is 0 Å². The Labute approximate surface area is 72.2 Å². The molecule has 0 aromatic heterocycles. The number of hydrogen-bond donors (Lipinski definition) is 0. The number of rotatable bonds is 5. The molecule has 0 aromatic rings. The molecule has 0 bridgehead atoms. The molecule has 0 amide bonds. The van der Waals surface area contributed by atoms with Crippen LogP contribution in [0.15, 0.2) is 12.7 Å². The maximum absolute atomic E-state index is 4.98. The van der Waals surface area contributed by atoms with Crippen molar-refractivity contribution < 1.29 is 9.47 Å². The average molecular weight is 164 g/mol. The summed E-state index contributed by atoms with van der Waals surface area (Å²) in [4.78, 5) is 0. The van der Waals surface area contributed by atoms with Gasteiger partial charge >= 0.3 is 0 Å². The van der Waals surface area contributed by atoms with E-state index in [1.54, 1.807) is 13.2 Å². The fraction of sp³-hybridized carbons (Fsp3) is 0.778. The van der Waals surface area contributed by atoms with Crippen molar-refractivity contribution in [3.8, 4) is 0 Å². The van der Waals surface area contributed by atoms with Crippen molar-refractivity contribution >= 4 is 0 Å². The third kappa shape index (κ3) is 26.1. The Morgan fingerprint density at radius 1 is 1.18 bits per heavy atom. The van der Waals surface area contributed by atoms with E-state index in [1.165, 1.54) is 0 Å². The summed E-state index contributed by atoms with van der Waals surface area (Å²) in [7, 11) is 1.65. The molecule has 0 spiro atoms. The minimum atomic E-state index is 0. The van der Waals surface area contributed by atoms with Crippen LogP contribution in [-0.2, 0) is 9.47 Å². The molecule has 0 aliphatic rings. The SMILES string of the molecule is C.C.C.C=CCOCCOC. The van der Waals surface area contributed by atoms with Crippen LogP contribution >= 0.6 is 0 Å². The molecule has 0 aromatic carbocycles. The van der Waals surface area contributed by atoms with Gasteiger partial charge in [0, 0.05) is 7.11 Å². The summed E-state index contributed by atoms with van der Waals surface area (Å²) in [6, 6.07) is 0. The Bertz CT molecular complexity index is 53.5. The maximum atomic E-state index is 4.98. The third-order valence-electron chi connectivity index (χ3n) is 0.667. The van der Waals surface area contributed by atoms with Gasteiger partial charge in [-0.3, -0.25) is 0 Å². The lowest BCUT2D eigenvalue weighted by molar-refractivity contribution is 0.0854. The van der Waals surface area contributed by atoms with Crippen molar-refractivity contribution in [1.82, 2.24) is 0 Å². The molecule has 0 unspecified atom stereocenters. The van der Waals surface area contributed by atoms with E-state index in [1.807, 2.05) is 0 Å². The Balaban J connectivity index is -0.0000000817. The highest BCUT2D eigenvalue weighted by Crippen LogP contribution is 1.74. The maximum Gasteiger partial charge on any atom is 0.0704 e. The highest BCUT2D eigenvalue weighted by atomic mass is 16.5. The largest absolute Gasteiger partial charge is 0.382 e. The molecular weight excluding hydrogens is 140 g/mol. The fourth-order valence-electron chi connectivity index (χ4n) is 0.309. The molecule has 0 heterocycles. The summed E-state index contributed by atoms with van der Waals surface area (Å²) >= 11 is 0. The van der Waals surface area contributed by atoms with Crippen LogP contribution in [0, 0.1) is 0 Å². The van der Waals surface area contributed by atoms with E-state index in [9.17, 15) is 0 Å². The van der Waals surface area contributed by atoms with Crippen LogP contribution in [0.5, 0.6) is 0 Å². The van der Waals surface area contributed by atoms with Gasteiger partial charge in [-0.15, -0.1) is 6.58 Å².